The predicted octanol–water partition coefficient (Wildman–Crippen LogP) is 3.37. The molecule has 0 heterocycles. The molecular formula is C20H43N4O5Si. The molecule has 10 heteroatoms. The van der Waals surface area contributed by atoms with Crippen molar-refractivity contribution in [1.82, 2.24) is 15.2 Å². The number of hydrogen-bond acceptors (Lipinski definition) is 5. The molecule has 3 N–H and O–H groups in total. The minimum atomic E-state index is -3.17. The van der Waals surface area contributed by atoms with Gasteiger partial charge in [0.25, 0.3) is 0 Å². The number of carbonyl (C=O) groups excluding carboxylic acids is 2. The highest BCUT2D eigenvalue weighted by Crippen LogP contribution is 2.15. The van der Waals surface area contributed by atoms with Gasteiger partial charge in [0, 0.05) is 41.0 Å². The number of carbonyl (C=O) groups is 2. The Balaban J connectivity index is 3.77. The third kappa shape index (κ3) is 12.4. The Morgan fingerprint density at radius 3 is 1.77 bits per heavy atom. The van der Waals surface area contributed by atoms with E-state index in [-0.39, 0.29) is 6.03 Å². The van der Waals surface area contributed by atoms with E-state index in [1.165, 1.54) is 58.0 Å². The molecule has 0 saturated heterocycles. The Morgan fingerprint density at radius 1 is 0.867 bits per heavy atom. The molecule has 9 nitrogen and oxygen atoms in total. The Kier molecular flexibility index (Phi) is 17.6. The van der Waals surface area contributed by atoms with Crippen molar-refractivity contribution in [2.45, 2.75) is 77.6 Å². The lowest BCUT2D eigenvalue weighted by Gasteiger charge is -2.34. The summed E-state index contributed by atoms with van der Waals surface area (Å²) in [5.74, 6) is 0. The molecule has 0 fully saturated rings. The van der Waals surface area contributed by atoms with Gasteiger partial charge < -0.3 is 24.3 Å². The second kappa shape index (κ2) is 18.4. The maximum Gasteiger partial charge on any atom is 0.636 e. The van der Waals surface area contributed by atoms with Crippen molar-refractivity contribution in [3.8, 4) is 0 Å². The molecule has 30 heavy (non-hydrogen) atoms. The zero-order chi connectivity index (χ0) is 22.7. The number of unbranched alkanes of at least 4 members (excludes halogenated alkanes) is 9. The maximum atomic E-state index is 12.5. The van der Waals surface area contributed by atoms with E-state index in [4.69, 9.17) is 19.0 Å². The fraction of sp³-hybridized carbons (Fsp3) is 0.900. The Morgan fingerprint density at radius 2 is 1.33 bits per heavy atom. The molecular weight excluding hydrogens is 404 g/mol. The van der Waals surface area contributed by atoms with E-state index in [0.29, 0.717) is 19.6 Å². The number of nitrogens with one attached hydrogen (secondary N) is 1. The van der Waals surface area contributed by atoms with E-state index in [1.54, 1.807) is 0 Å². The van der Waals surface area contributed by atoms with Crippen LogP contribution >= 0.6 is 0 Å². The number of amides is 4. The standard InChI is InChI=1S/C20H43N4O5Si/c1-5-18-24(30(27-2,28-3)29-4)20(26)23-17-15-13-11-9-7-6-8-10-12-14-16-22-19(21)25/h5-18H2,1-4H3,(H3,21,22,25). The first-order chi connectivity index (χ1) is 14.5. The average molecular weight is 448 g/mol. The van der Waals surface area contributed by atoms with Crippen molar-refractivity contribution < 1.29 is 22.9 Å². The van der Waals surface area contributed by atoms with E-state index >= 15 is 0 Å². The lowest BCUT2D eigenvalue weighted by atomic mass is 10.1. The van der Waals surface area contributed by atoms with Gasteiger partial charge >= 0.3 is 21.0 Å². The predicted molar refractivity (Wildman–Crippen MR) is 120 cm³/mol. The molecule has 0 atom stereocenters. The van der Waals surface area contributed by atoms with Crippen molar-refractivity contribution in [2.75, 3.05) is 41.0 Å². The number of rotatable bonds is 19. The lowest BCUT2D eigenvalue weighted by Crippen LogP contribution is -2.63. The average Bonchev–Trinajstić information content (AvgIpc) is 2.74. The van der Waals surface area contributed by atoms with Crippen LogP contribution in [0.15, 0.2) is 0 Å². The van der Waals surface area contributed by atoms with Crippen molar-refractivity contribution in [1.29, 1.82) is 0 Å². The van der Waals surface area contributed by atoms with Gasteiger partial charge in [-0.2, -0.15) is 0 Å². The summed E-state index contributed by atoms with van der Waals surface area (Å²) in [6.45, 7) is 3.66. The normalized spacial score (nSPS) is 11.3. The molecule has 0 bridgehead atoms. The van der Waals surface area contributed by atoms with Crippen LogP contribution in [0.5, 0.6) is 0 Å². The summed E-state index contributed by atoms with van der Waals surface area (Å²) in [4.78, 5) is 23.1. The van der Waals surface area contributed by atoms with Gasteiger partial charge in [-0.3, -0.25) is 4.57 Å². The van der Waals surface area contributed by atoms with E-state index < -0.39 is 15.0 Å². The van der Waals surface area contributed by atoms with Gasteiger partial charge in [0.15, 0.2) is 0 Å². The van der Waals surface area contributed by atoms with Crippen LogP contribution in [0.1, 0.15) is 77.6 Å². The van der Waals surface area contributed by atoms with Crippen molar-refractivity contribution >= 4 is 21.0 Å². The smallest absolute Gasteiger partial charge is 0.360 e. The molecule has 0 aliphatic carbocycles. The lowest BCUT2D eigenvalue weighted by molar-refractivity contribution is 0.0680. The first-order valence-electron chi connectivity index (χ1n) is 11.1. The number of urea groups is 2. The monoisotopic (exact) mass is 447 g/mol. The van der Waals surface area contributed by atoms with Crippen LogP contribution in [-0.2, 0) is 13.3 Å². The topological polar surface area (TPSA) is 117 Å². The molecule has 0 aromatic carbocycles. The van der Waals surface area contributed by atoms with Gasteiger partial charge in [0.05, 0.1) is 0 Å². The van der Waals surface area contributed by atoms with E-state index in [2.05, 4.69) is 10.6 Å². The number of hydrogen-bond donors (Lipinski definition) is 2. The number of nitrogens with zero attached hydrogens (tertiary/aromatic N) is 2. The van der Waals surface area contributed by atoms with E-state index in [1.807, 2.05) is 6.92 Å². The highest BCUT2D eigenvalue weighted by atomic mass is 28.4. The first kappa shape index (κ1) is 28.6. The van der Waals surface area contributed by atoms with Crippen LogP contribution in [0.3, 0.4) is 0 Å². The fourth-order valence-corrected chi connectivity index (χ4v) is 5.24. The molecule has 0 saturated carbocycles. The summed E-state index contributed by atoms with van der Waals surface area (Å²) in [6, 6.07) is -0.763. The molecule has 0 unspecified atom stereocenters. The number of primary amides is 1. The largest absolute Gasteiger partial charge is 0.636 e. The first-order valence-corrected chi connectivity index (χ1v) is 12.8. The third-order valence-electron chi connectivity index (χ3n) is 4.91. The minimum Gasteiger partial charge on any atom is -0.360 e. The molecule has 0 aliphatic heterocycles. The molecule has 0 spiro atoms. The van der Waals surface area contributed by atoms with Gasteiger partial charge in [-0.15, -0.1) is 0 Å². The Labute approximate surface area is 183 Å². The fourth-order valence-electron chi connectivity index (χ4n) is 3.28. The summed E-state index contributed by atoms with van der Waals surface area (Å²) < 4.78 is 17.8. The molecule has 0 aromatic rings. The molecule has 0 aliphatic rings. The van der Waals surface area contributed by atoms with Gasteiger partial charge in [-0.1, -0.05) is 58.3 Å². The van der Waals surface area contributed by atoms with Crippen LogP contribution in [0.25, 0.3) is 0 Å². The van der Waals surface area contributed by atoms with E-state index in [0.717, 1.165) is 38.5 Å². The molecule has 0 aromatic heterocycles. The van der Waals surface area contributed by atoms with Crippen LogP contribution in [-0.4, -0.2) is 66.6 Å². The van der Waals surface area contributed by atoms with Crippen LogP contribution < -0.4 is 16.4 Å². The highest BCUT2D eigenvalue weighted by molar-refractivity contribution is 6.60. The van der Waals surface area contributed by atoms with Crippen molar-refractivity contribution in [2.24, 2.45) is 5.73 Å². The summed E-state index contributed by atoms with van der Waals surface area (Å²) in [7, 11) is 1.31. The summed E-state index contributed by atoms with van der Waals surface area (Å²) >= 11 is 0. The van der Waals surface area contributed by atoms with Crippen LogP contribution in [0.2, 0.25) is 0 Å². The Bertz CT molecular complexity index is 445. The van der Waals surface area contributed by atoms with E-state index in [9.17, 15) is 9.59 Å². The molecule has 0 rings (SSSR count). The summed E-state index contributed by atoms with van der Waals surface area (Å²) in [5.41, 5.74) is 5.02. The molecule has 4 amide bonds. The van der Waals surface area contributed by atoms with Gasteiger partial charge in [-0.05, 0) is 19.3 Å². The summed E-state index contributed by atoms with van der Waals surface area (Å²) in [5, 5.41) is 6.80. The Hall–Kier alpha value is -1.36. The van der Waals surface area contributed by atoms with Gasteiger partial charge in [-0.25, -0.2) is 14.9 Å². The highest BCUT2D eigenvalue weighted by Gasteiger charge is 2.49. The quantitative estimate of drug-likeness (QED) is 0.232. The van der Waals surface area contributed by atoms with Gasteiger partial charge in [0.1, 0.15) is 0 Å². The molecule has 177 valence electrons. The number of nitrogens with two attached hydrogens (primary N) is 1. The molecule has 1 radical (unpaired) electrons. The van der Waals surface area contributed by atoms with Gasteiger partial charge in [0.2, 0.25) is 0 Å². The zero-order valence-corrected chi connectivity index (χ0v) is 20.4. The van der Waals surface area contributed by atoms with Crippen LogP contribution in [0.4, 0.5) is 9.59 Å². The van der Waals surface area contributed by atoms with Crippen molar-refractivity contribution in [3.63, 3.8) is 0 Å². The van der Waals surface area contributed by atoms with Crippen LogP contribution in [0, 0.1) is 0 Å². The minimum absolute atomic E-state index is 0.319. The second-order valence-corrected chi connectivity index (χ2v) is 10.1. The van der Waals surface area contributed by atoms with Crippen molar-refractivity contribution in [3.05, 3.63) is 0 Å². The zero-order valence-electron chi connectivity index (χ0n) is 19.4. The SMILES string of the molecule is CCCN(C(=O)[N]CCCCCCCCCCCCNC(N)=O)[Si](OC)(OC)OC. The maximum absolute atomic E-state index is 12.5. The third-order valence-corrected chi connectivity index (χ3v) is 7.54. The summed E-state index contributed by atoms with van der Waals surface area (Å²) in [6.07, 6.45) is 12.2. The second-order valence-electron chi connectivity index (χ2n) is 7.28.